The number of rotatable bonds is 4. The van der Waals surface area contributed by atoms with Gasteiger partial charge in [0.1, 0.15) is 10.7 Å². The van der Waals surface area contributed by atoms with Gasteiger partial charge < -0.3 is 20.1 Å². The fourth-order valence-electron chi connectivity index (χ4n) is 2.54. The van der Waals surface area contributed by atoms with Crippen LogP contribution in [0.1, 0.15) is 20.9 Å². The number of aryl methyl sites for hydroxylation is 2. The van der Waals surface area contributed by atoms with Crippen molar-refractivity contribution in [3.05, 3.63) is 52.7 Å². The van der Waals surface area contributed by atoms with Crippen molar-refractivity contribution in [3.8, 4) is 11.5 Å². The largest absolute Gasteiger partial charge is 0.454 e. The molecule has 132 valence electrons. The molecule has 0 unspecified atom stereocenters. The number of pyridine rings is 1. The normalized spacial score (nSPS) is 12.1. The van der Waals surface area contributed by atoms with Crippen LogP contribution in [0.15, 0.2) is 36.5 Å². The molecule has 3 aromatic rings. The molecule has 2 N–H and O–H groups in total. The van der Waals surface area contributed by atoms with E-state index in [1.165, 1.54) is 11.3 Å². The number of thiazole rings is 1. The summed E-state index contributed by atoms with van der Waals surface area (Å²) in [4.78, 5) is 21.8. The van der Waals surface area contributed by atoms with Gasteiger partial charge in [0, 0.05) is 18.0 Å². The number of nitrogens with one attached hydrogen (secondary N) is 2. The maximum absolute atomic E-state index is 12.6. The van der Waals surface area contributed by atoms with E-state index in [1.807, 2.05) is 19.1 Å². The van der Waals surface area contributed by atoms with Crippen LogP contribution in [0.25, 0.3) is 0 Å². The molecular weight excluding hydrogens is 352 g/mol. The number of hydrogen-bond donors (Lipinski definition) is 2. The molecule has 1 aliphatic rings. The molecular formula is C18H16N4O3S. The van der Waals surface area contributed by atoms with Crippen LogP contribution in [0.2, 0.25) is 0 Å². The minimum absolute atomic E-state index is 0.197. The van der Waals surface area contributed by atoms with Gasteiger partial charge in [-0.25, -0.2) is 9.97 Å². The lowest BCUT2D eigenvalue weighted by Crippen LogP contribution is -2.11. The van der Waals surface area contributed by atoms with Crippen molar-refractivity contribution in [3.63, 3.8) is 0 Å². The van der Waals surface area contributed by atoms with Crippen molar-refractivity contribution >= 4 is 33.9 Å². The number of amides is 1. The summed E-state index contributed by atoms with van der Waals surface area (Å²) in [5, 5.41) is 6.63. The van der Waals surface area contributed by atoms with Crippen molar-refractivity contribution in [1.82, 2.24) is 9.97 Å². The molecule has 7 nitrogen and oxygen atoms in total. The van der Waals surface area contributed by atoms with E-state index in [9.17, 15) is 4.79 Å². The second kappa shape index (κ2) is 6.64. The third-order valence-electron chi connectivity index (χ3n) is 3.78. The number of benzene rings is 1. The third-order valence-corrected chi connectivity index (χ3v) is 4.86. The highest BCUT2D eigenvalue weighted by Crippen LogP contribution is 2.34. The number of ether oxygens (including phenoxy) is 2. The number of anilines is 3. The van der Waals surface area contributed by atoms with Crippen LogP contribution in [0.5, 0.6) is 11.5 Å². The van der Waals surface area contributed by atoms with Gasteiger partial charge in [-0.15, -0.1) is 0 Å². The number of nitrogens with zero attached hydrogens (tertiary/aromatic N) is 2. The van der Waals surface area contributed by atoms with Crippen molar-refractivity contribution in [2.45, 2.75) is 13.8 Å². The molecule has 0 saturated carbocycles. The van der Waals surface area contributed by atoms with Crippen molar-refractivity contribution < 1.29 is 14.3 Å². The molecule has 8 heteroatoms. The predicted molar refractivity (Wildman–Crippen MR) is 99.6 cm³/mol. The molecule has 0 aliphatic carbocycles. The molecule has 1 amide bonds. The van der Waals surface area contributed by atoms with Crippen LogP contribution in [0.4, 0.5) is 16.6 Å². The molecule has 0 radical (unpaired) electrons. The topological polar surface area (TPSA) is 85.4 Å². The zero-order valence-corrected chi connectivity index (χ0v) is 15.0. The number of hydrogen-bond acceptors (Lipinski definition) is 7. The smallest absolute Gasteiger partial charge is 0.267 e. The zero-order chi connectivity index (χ0) is 18.1. The van der Waals surface area contributed by atoms with E-state index in [4.69, 9.17) is 9.47 Å². The van der Waals surface area contributed by atoms with E-state index in [-0.39, 0.29) is 12.7 Å². The van der Waals surface area contributed by atoms with Gasteiger partial charge in [-0.1, -0.05) is 11.3 Å². The van der Waals surface area contributed by atoms with Crippen LogP contribution in [0.3, 0.4) is 0 Å². The number of carbonyl (C=O) groups excluding carboxylic acids is 1. The van der Waals surface area contributed by atoms with Crippen LogP contribution in [-0.2, 0) is 0 Å². The fourth-order valence-corrected chi connectivity index (χ4v) is 3.41. The summed E-state index contributed by atoms with van der Waals surface area (Å²) in [6.45, 7) is 3.99. The summed E-state index contributed by atoms with van der Waals surface area (Å²) in [5.74, 6) is 1.77. The standard InChI is InChI=1S/C18H16N4O3S/c1-10-5-6-19-15(7-10)22-18-20-11(2)16(26-18)17(23)21-12-3-4-13-14(8-12)25-9-24-13/h3-8H,9H2,1-2H3,(H,21,23)(H,19,20,22). The maximum Gasteiger partial charge on any atom is 0.267 e. The lowest BCUT2D eigenvalue weighted by atomic mass is 10.2. The highest BCUT2D eigenvalue weighted by Gasteiger charge is 2.18. The van der Waals surface area contributed by atoms with Gasteiger partial charge in [0.25, 0.3) is 5.91 Å². The van der Waals surface area contributed by atoms with Gasteiger partial charge in [0.05, 0.1) is 5.69 Å². The summed E-state index contributed by atoms with van der Waals surface area (Å²) in [7, 11) is 0. The number of carbonyl (C=O) groups is 1. The molecule has 1 aromatic carbocycles. The van der Waals surface area contributed by atoms with Crippen molar-refractivity contribution in [2.24, 2.45) is 0 Å². The quantitative estimate of drug-likeness (QED) is 0.727. The van der Waals surface area contributed by atoms with Gasteiger partial charge >= 0.3 is 0 Å². The van der Waals surface area contributed by atoms with Gasteiger partial charge in [-0.05, 0) is 43.7 Å². The van der Waals surface area contributed by atoms with Gasteiger partial charge in [0.2, 0.25) is 6.79 Å². The lowest BCUT2D eigenvalue weighted by Gasteiger charge is -2.05. The Morgan fingerprint density at radius 1 is 1.15 bits per heavy atom. The van der Waals surface area contributed by atoms with Crippen LogP contribution >= 0.6 is 11.3 Å². The number of fused-ring (bicyclic) bond motifs is 1. The van der Waals surface area contributed by atoms with E-state index in [2.05, 4.69) is 20.6 Å². The van der Waals surface area contributed by atoms with E-state index in [0.29, 0.717) is 38.7 Å². The minimum Gasteiger partial charge on any atom is -0.454 e. The molecule has 4 rings (SSSR count). The maximum atomic E-state index is 12.6. The van der Waals surface area contributed by atoms with Crippen LogP contribution in [0, 0.1) is 13.8 Å². The summed E-state index contributed by atoms with van der Waals surface area (Å²) in [6.07, 6.45) is 1.73. The summed E-state index contributed by atoms with van der Waals surface area (Å²) in [5.41, 5.74) is 2.39. The van der Waals surface area contributed by atoms with Gasteiger partial charge in [-0.2, -0.15) is 0 Å². The first-order chi connectivity index (χ1) is 12.6. The molecule has 0 bridgehead atoms. The monoisotopic (exact) mass is 368 g/mol. The van der Waals surface area contributed by atoms with E-state index in [0.717, 1.165) is 5.56 Å². The molecule has 3 heterocycles. The highest BCUT2D eigenvalue weighted by atomic mass is 32.1. The highest BCUT2D eigenvalue weighted by molar-refractivity contribution is 7.17. The Kier molecular flexibility index (Phi) is 4.18. The first-order valence-electron chi connectivity index (χ1n) is 7.96. The Labute approximate surface area is 154 Å². The molecule has 0 saturated heterocycles. The minimum atomic E-state index is -0.218. The Balaban J connectivity index is 1.50. The Hall–Kier alpha value is -3.13. The molecule has 0 atom stereocenters. The Bertz CT molecular complexity index is 986. The van der Waals surface area contributed by atoms with Crippen molar-refractivity contribution in [1.29, 1.82) is 0 Å². The van der Waals surface area contributed by atoms with Crippen molar-refractivity contribution in [2.75, 3.05) is 17.4 Å². The van der Waals surface area contributed by atoms with Gasteiger partial charge in [-0.3, -0.25) is 4.79 Å². The number of aromatic nitrogens is 2. The molecule has 2 aromatic heterocycles. The van der Waals surface area contributed by atoms with Gasteiger partial charge in [0.15, 0.2) is 16.6 Å². The average Bonchev–Trinajstić information content (AvgIpc) is 3.20. The second-order valence-electron chi connectivity index (χ2n) is 5.80. The first kappa shape index (κ1) is 16.3. The third kappa shape index (κ3) is 3.31. The van der Waals surface area contributed by atoms with E-state index < -0.39 is 0 Å². The average molecular weight is 368 g/mol. The van der Waals surface area contributed by atoms with E-state index in [1.54, 1.807) is 31.3 Å². The fraction of sp³-hybridized carbons (Fsp3) is 0.167. The lowest BCUT2D eigenvalue weighted by molar-refractivity contribution is 0.103. The van der Waals surface area contributed by atoms with Crippen LogP contribution < -0.4 is 20.1 Å². The molecule has 0 spiro atoms. The SMILES string of the molecule is Cc1ccnc(Nc2nc(C)c(C(=O)Nc3ccc4c(c3)OCO4)s2)c1. The summed E-state index contributed by atoms with van der Waals surface area (Å²) in [6, 6.07) is 9.13. The molecule has 0 fully saturated rings. The predicted octanol–water partition coefficient (Wildman–Crippen LogP) is 3.88. The first-order valence-corrected chi connectivity index (χ1v) is 8.78. The molecule has 26 heavy (non-hydrogen) atoms. The Morgan fingerprint density at radius 3 is 2.85 bits per heavy atom. The summed E-state index contributed by atoms with van der Waals surface area (Å²) < 4.78 is 10.6. The molecule has 1 aliphatic heterocycles. The van der Waals surface area contributed by atoms with Crippen LogP contribution in [-0.4, -0.2) is 22.7 Å². The van der Waals surface area contributed by atoms with E-state index >= 15 is 0 Å². The Morgan fingerprint density at radius 2 is 2.00 bits per heavy atom. The summed E-state index contributed by atoms with van der Waals surface area (Å²) >= 11 is 1.28. The second-order valence-corrected chi connectivity index (χ2v) is 6.80. The zero-order valence-electron chi connectivity index (χ0n) is 14.2.